The van der Waals surface area contributed by atoms with Gasteiger partial charge in [-0.25, -0.2) is 0 Å². The minimum atomic E-state index is -0.955. The molecule has 0 bridgehead atoms. The first-order valence-corrected chi connectivity index (χ1v) is 8.92. The second kappa shape index (κ2) is 8.70. The number of non-ortho nitro benzene ring substituents is 1. The van der Waals surface area contributed by atoms with Gasteiger partial charge in [0.2, 0.25) is 0 Å². The third-order valence-corrected chi connectivity index (χ3v) is 5.37. The summed E-state index contributed by atoms with van der Waals surface area (Å²) in [7, 11) is 0. The van der Waals surface area contributed by atoms with Crippen LogP contribution in [-0.4, -0.2) is 25.0 Å². The van der Waals surface area contributed by atoms with E-state index in [0.29, 0.717) is 25.8 Å². The third kappa shape index (κ3) is 4.93. The van der Waals surface area contributed by atoms with Gasteiger partial charge in [-0.1, -0.05) is 0 Å². The summed E-state index contributed by atoms with van der Waals surface area (Å²) in [5.74, 6) is -0.492. The molecule has 2 atom stereocenters. The number of hydrogen-bond acceptors (Lipinski definition) is 4. The Morgan fingerprint density at radius 1 is 1.55 bits per heavy atom. The topological polar surface area (TPSA) is 87.2 Å². The molecule has 0 heterocycles. The zero-order valence-electron chi connectivity index (χ0n) is 11.4. The Labute approximate surface area is 124 Å². The normalized spacial score (nSPS) is 13.4. The van der Waals surface area contributed by atoms with E-state index in [1.54, 1.807) is 6.07 Å². The van der Waals surface area contributed by atoms with E-state index in [-0.39, 0.29) is 5.69 Å². The van der Waals surface area contributed by atoms with E-state index in [1.165, 1.54) is 18.2 Å². The molecule has 0 saturated carbocycles. The number of nitro benzene ring substituents is 1. The Balaban J connectivity index is 2.70. The van der Waals surface area contributed by atoms with Crippen LogP contribution in [0, 0.1) is 27.4 Å². The Morgan fingerprint density at radius 2 is 2.30 bits per heavy atom. The van der Waals surface area contributed by atoms with Gasteiger partial charge in [0.15, 0.2) is 0 Å². The molecule has 5 nitrogen and oxygen atoms in total. The summed E-state index contributed by atoms with van der Waals surface area (Å²) in [4.78, 5) is 10.2. The zero-order valence-corrected chi connectivity index (χ0v) is 13.1. The number of aliphatic hydroxyl groups excluding tert-OH is 1. The molecule has 2 unspecified atom stereocenters. The van der Waals surface area contributed by atoms with Crippen LogP contribution >= 0.6 is 0 Å². The summed E-state index contributed by atoms with van der Waals surface area (Å²) < 4.78 is 0. The third-order valence-electron chi connectivity index (χ3n) is 2.91. The van der Waals surface area contributed by atoms with Gasteiger partial charge in [-0.05, 0) is 0 Å². The average molecular weight is 341 g/mol. The van der Waals surface area contributed by atoms with Crippen molar-refractivity contribution in [3.8, 4) is 6.07 Å². The quantitative estimate of drug-likeness (QED) is 0.341. The van der Waals surface area contributed by atoms with E-state index in [1.807, 2.05) is 0 Å². The van der Waals surface area contributed by atoms with E-state index in [9.17, 15) is 15.2 Å². The first-order valence-electron chi connectivity index (χ1n) is 6.50. The second-order valence-corrected chi connectivity index (χ2v) is 6.87. The summed E-state index contributed by atoms with van der Waals surface area (Å²) in [5.41, 5.74) is 0.381. The van der Waals surface area contributed by atoms with Crippen molar-refractivity contribution in [2.75, 3.05) is 0 Å². The fourth-order valence-electron chi connectivity index (χ4n) is 1.71. The van der Waals surface area contributed by atoms with Crippen LogP contribution in [0.15, 0.2) is 24.3 Å². The molecule has 6 heteroatoms. The zero-order chi connectivity index (χ0) is 15.0. The van der Waals surface area contributed by atoms with Crippen LogP contribution in [0.4, 0.5) is 5.69 Å². The summed E-state index contributed by atoms with van der Waals surface area (Å²) in [6, 6.07) is 8.00. The van der Waals surface area contributed by atoms with Crippen LogP contribution in [0.2, 0.25) is 10.6 Å². The predicted molar refractivity (Wildman–Crippen MR) is 77.4 cm³/mol. The van der Waals surface area contributed by atoms with Crippen LogP contribution in [0.5, 0.6) is 0 Å². The van der Waals surface area contributed by atoms with Crippen LogP contribution in [0.25, 0.3) is 0 Å². The Morgan fingerprint density at radius 3 is 2.90 bits per heavy atom. The molecule has 1 aromatic carbocycles. The van der Waals surface area contributed by atoms with Crippen molar-refractivity contribution >= 4 is 20.6 Å². The Kier molecular flexibility index (Phi) is 7.24. The number of aliphatic hydroxyl groups is 1. The van der Waals surface area contributed by atoms with Crippen LogP contribution in [0.1, 0.15) is 31.4 Å². The number of benzene rings is 1. The van der Waals surface area contributed by atoms with Crippen molar-refractivity contribution in [3.63, 3.8) is 0 Å². The predicted octanol–water partition coefficient (Wildman–Crippen LogP) is 3.11. The fourth-order valence-corrected chi connectivity index (χ4v) is 4.17. The number of nitriles is 1. The second-order valence-electron chi connectivity index (χ2n) is 4.46. The molecule has 0 fully saturated rings. The van der Waals surface area contributed by atoms with Gasteiger partial charge in [-0.2, -0.15) is 0 Å². The molecule has 0 amide bonds. The van der Waals surface area contributed by atoms with Crippen molar-refractivity contribution in [3.05, 3.63) is 39.9 Å². The minimum absolute atomic E-state index is 0.0604. The van der Waals surface area contributed by atoms with Gasteiger partial charge < -0.3 is 0 Å². The molecule has 1 N–H and O–H groups in total. The first-order chi connectivity index (χ1) is 9.60. The van der Waals surface area contributed by atoms with Gasteiger partial charge in [0.05, 0.1) is 0 Å². The molecule has 0 aromatic heterocycles. The van der Waals surface area contributed by atoms with Gasteiger partial charge in [-0.15, -0.1) is 0 Å². The molecule has 108 valence electrons. The number of nitrogens with zero attached hydrogens (tertiary/aromatic N) is 2. The number of hydrogen-bond donors (Lipinski definition) is 1. The number of rotatable bonds is 8. The van der Waals surface area contributed by atoms with Crippen molar-refractivity contribution in [2.45, 2.75) is 36.5 Å². The molecule has 0 radical (unpaired) electrons. The van der Waals surface area contributed by atoms with Crippen molar-refractivity contribution < 1.29 is 10.0 Å². The molecule has 20 heavy (non-hydrogen) atoms. The molecule has 0 aliphatic carbocycles. The molecular weight excluding hydrogens is 323 g/mol. The maximum absolute atomic E-state index is 10.7. The van der Waals surface area contributed by atoms with Crippen LogP contribution < -0.4 is 0 Å². The standard InChI is InChI=1S/C14H18N2O3Se/c1-2-3-7-20-10-12(9-15)14(17)11-5-4-6-13(8-11)16(18)19/h4-6,8,12,14,17H,2-3,7,10H2,1H3. The molecule has 0 spiro atoms. The van der Waals surface area contributed by atoms with Gasteiger partial charge in [0, 0.05) is 0 Å². The van der Waals surface area contributed by atoms with Gasteiger partial charge in [0.25, 0.3) is 0 Å². The van der Waals surface area contributed by atoms with Crippen molar-refractivity contribution in [1.29, 1.82) is 5.26 Å². The van der Waals surface area contributed by atoms with E-state index < -0.39 is 16.9 Å². The summed E-state index contributed by atoms with van der Waals surface area (Å²) in [6.07, 6.45) is 1.32. The van der Waals surface area contributed by atoms with Gasteiger partial charge in [-0.3, -0.25) is 0 Å². The van der Waals surface area contributed by atoms with Gasteiger partial charge in [0.1, 0.15) is 0 Å². The average Bonchev–Trinajstić information content (AvgIpc) is 2.47. The maximum atomic E-state index is 10.7. The van der Waals surface area contributed by atoms with E-state index in [2.05, 4.69) is 13.0 Å². The van der Waals surface area contributed by atoms with E-state index in [0.717, 1.165) is 18.2 Å². The molecule has 0 aliphatic heterocycles. The number of unbranched alkanes of at least 4 members (excludes halogenated alkanes) is 1. The summed E-state index contributed by atoms with van der Waals surface area (Å²) >= 11 is 0.331. The first kappa shape index (κ1) is 16.6. The SMILES string of the molecule is CCCC[Se]CC(C#N)C(O)c1cccc([N+](=O)[O-])c1. The molecule has 1 aromatic rings. The monoisotopic (exact) mass is 342 g/mol. The van der Waals surface area contributed by atoms with Crippen molar-refractivity contribution in [2.24, 2.45) is 5.92 Å². The van der Waals surface area contributed by atoms with Gasteiger partial charge >= 0.3 is 124 Å². The Hall–Kier alpha value is -1.41. The molecule has 0 saturated heterocycles. The van der Waals surface area contributed by atoms with Crippen LogP contribution in [-0.2, 0) is 0 Å². The number of nitro groups is 1. The fraction of sp³-hybridized carbons (Fsp3) is 0.500. The molecule has 1 rings (SSSR count). The Bertz CT molecular complexity index is 488. The van der Waals surface area contributed by atoms with E-state index in [4.69, 9.17) is 5.26 Å². The van der Waals surface area contributed by atoms with Crippen LogP contribution in [0.3, 0.4) is 0 Å². The van der Waals surface area contributed by atoms with E-state index >= 15 is 0 Å². The van der Waals surface area contributed by atoms with Crippen molar-refractivity contribution in [1.82, 2.24) is 0 Å². The molecular formula is C14H18N2O3Se. The molecule has 0 aliphatic rings. The summed E-state index contributed by atoms with van der Waals surface area (Å²) in [6.45, 7) is 2.12. The summed E-state index contributed by atoms with van der Waals surface area (Å²) in [5, 5.41) is 31.9.